The van der Waals surface area contributed by atoms with Gasteiger partial charge in [-0.3, -0.25) is 9.10 Å². The van der Waals surface area contributed by atoms with Crippen LogP contribution < -0.4 is 4.31 Å². The molecule has 2 aliphatic rings. The van der Waals surface area contributed by atoms with E-state index < -0.39 is 19.9 Å². The van der Waals surface area contributed by atoms with Crippen LogP contribution in [0.2, 0.25) is 0 Å². The largest absolute Gasteiger partial charge is 0.337 e. The first-order valence-electron chi connectivity index (χ1n) is 9.79. The van der Waals surface area contributed by atoms with Crippen LogP contribution in [0.4, 0.5) is 5.69 Å². The molecule has 1 amide bonds. The van der Waals surface area contributed by atoms with Gasteiger partial charge in [0.25, 0.3) is 10.0 Å². The van der Waals surface area contributed by atoms with Crippen molar-refractivity contribution < 1.29 is 21.6 Å². The molecule has 0 bridgehead atoms. The molecule has 1 atom stereocenters. The van der Waals surface area contributed by atoms with Gasteiger partial charge in [0, 0.05) is 18.0 Å². The number of nitrogens with zero attached hydrogens (tertiary/aromatic N) is 2. The van der Waals surface area contributed by atoms with Gasteiger partial charge in [0.2, 0.25) is 5.91 Å². The maximum Gasteiger partial charge on any atom is 0.265 e. The SMILES string of the molecule is CCCCN(C(=O)CN1c2cccc3cccc(c23)S1(=O)=O)C1CCS(=O)(=O)C1. The molecule has 1 fully saturated rings. The van der Waals surface area contributed by atoms with Gasteiger partial charge >= 0.3 is 0 Å². The molecule has 2 aliphatic heterocycles. The number of amides is 1. The second kappa shape index (κ2) is 7.28. The Kier molecular flexibility index (Phi) is 5.06. The molecule has 1 unspecified atom stereocenters. The smallest absolute Gasteiger partial charge is 0.265 e. The fourth-order valence-corrected chi connectivity index (χ4v) is 7.59. The third kappa shape index (κ3) is 3.50. The lowest BCUT2D eigenvalue weighted by Crippen LogP contribution is -2.47. The zero-order chi connectivity index (χ0) is 20.8. The maximum atomic E-state index is 13.2. The summed E-state index contributed by atoms with van der Waals surface area (Å²) in [4.78, 5) is 15.0. The van der Waals surface area contributed by atoms with Crippen LogP contribution in [0, 0.1) is 0 Å². The van der Waals surface area contributed by atoms with E-state index in [1.54, 1.807) is 29.2 Å². The number of carbonyl (C=O) groups excluding carboxylic acids is 1. The average molecular weight is 437 g/mol. The highest BCUT2D eigenvalue weighted by Crippen LogP contribution is 2.41. The van der Waals surface area contributed by atoms with Crippen LogP contribution in [0.25, 0.3) is 10.8 Å². The van der Waals surface area contributed by atoms with Crippen LogP contribution in [0.3, 0.4) is 0 Å². The van der Waals surface area contributed by atoms with Crippen molar-refractivity contribution in [3.05, 3.63) is 36.4 Å². The molecule has 2 heterocycles. The summed E-state index contributed by atoms with van der Waals surface area (Å²) in [6, 6.07) is 10.0. The van der Waals surface area contributed by atoms with E-state index in [4.69, 9.17) is 0 Å². The lowest BCUT2D eigenvalue weighted by Gasteiger charge is -2.30. The summed E-state index contributed by atoms with van der Waals surface area (Å²) in [5.41, 5.74) is 0.501. The van der Waals surface area contributed by atoms with Gasteiger partial charge in [-0.2, -0.15) is 0 Å². The van der Waals surface area contributed by atoms with E-state index in [0.717, 1.165) is 22.5 Å². The molecule has 0 saturated carbocycles. The van der Waals surface area contributed by atoms with Crippen LogP contribution in [0.15, 0.2) is 41.3 Å². The van der Waals surface area contributed by atoms with Crippen LogP contribution in [-0.2, 0) is 24.7 Å². The minimum Gasteiger partial charge on any atom is -0.337 e. The fraction of sp³-hybridized carbons (Fsp3) is 0.450. The van der Waals surface area contributed by atoms with Crippen LogP contribution in [0.1, 0.15) is 26.2 Å². The molecule has 7 nitrogen and oxygen atoms in total. The average Bonchev–Trinajstić information content (AvgIpc) is 3.14. The van der Waals surface area contributed by atoms with Gasteiger partial charge < -0.3 is 4.90 Å². The normalized spacial score (nSPS) is 21.6. The minimum atomic E-state index is -3.83. The van der Waals surface area contributed by atoms with E-state index in [1.165, 1.54) is 0 Å². The lowest BCUT2D eigenvalue weighted by atomic mass is 10.1. The molecule has 29 heavy (non-hydrogen) atoms. The molecule has 156 valence electrons. The van der Waals surface area contributed by atoms with Crippen molar-refractivity contribution in [2.45, 2.75) is 37.1 Å². The first-order valence-corrected chi connectivity index (χ1v) is 13.0. The van der Waals surface area contributed by atoms with E-state index in [0.29, 0.717) is 24.0 Å². The van der Waals surface area contributed by atoms with Gasteiger partial charge in [0.15, 0.2) is 9.84 Å². The molecular formula is C20H24N2O5S2. The van der Waals surface area contributed by atoms with Gasteiger partial charge in [-0.05, 0) is 30.4 Å². The predicted octanol–water partition coefficient (Wildman–Crippen LogP) is 2.16. The zero-order valence-corrected chi connectivity index (χ0v) is 17.9. The standard InChI is InChI=1S/C20H24N2O5S2/c1-2-3-11-21(16-10-12-28(24,25)14-16)19(23)13-22-17-8-4-6-15-7-5-9-18(20(15)17)29(22,26)27/h4-9,16H,2-3,10-14H2,1H3. The van der Waals surface area contributed by atoms with E-state index in [2.05, 4.69) is 0 Å². The molecular weight excluding hydrogens is 412 g/mol. The number of hydrogen-bond donors (Lipinski definition) is 0. The maximum absolute atomic E-state index is 13.2. The molecule has 0 radical (unpaired) electrons. The molecule has 2 aromatic carbocycles. The highest BCUT2D eigenvalue weighted by molar-refractivity contribution is 7.93. The third-order valence-electron chi connectivity index (χ3n) is 5.68. The van der Waals surface area contributed by atoms with Gasteiger partial charge in [-0.15, -0.1) is 0 Å². The van der Waals surface area contributed by atoms with Crippen molar-refractivity contribution in [3.8, 4) is 0 Å². The lowest BCUT2D eigenvalue weighted by molar-refractivity contribution is -0.131. The Morgan fingerprint density at radius 2 is 1.86 bits per heavy atom. The molecule has 0 aromatic heterocycles. The predicted molar refractivity (Wildman–Crippen MR) is 112 cm³/mol. The van der Waals surface area contributed by atoms with Gasteiger partial charge in [0.05, 0.1) is 22.1 Å². The molecule has 4 rings (SSSR count). The van der Waals surface area contributed by atoms with Gasteiger partial charge in [-0.1, -0.05) is 37.6 Å². The van der Waals surface area contributed by atoms with Crippen molar-refractivity contribution in [2.75, 3.05) is 28.9 Å². The Bertz CT molecular complexity index is 1170. The topological polar surface area (TPSA) is 91.8 Å². The van der Waals surface area contributed by atoms with Crippen LogP contribution >= 0.6 is 0 Å². The number of carbonyl (C=O) groups is 1. The Hall–Kier alpha value is -2.13. The molecule has 0 aliphatic carbocycles. The molecule has 9 heteroatoms. The summed E-state index contributed by atoms with van der Waals surface area (Å²) in [5, 5.41) is 1.44. The van der Waals surface area contributed by atoms with Gasteiger partial charge in [-0.25, -0.2) is 16.8 Å². The minimum absolute atomic E-state index is 0.0506. The highest BCUT2D eigenvalue weighted by atomic mass is 32.2. The van der Waals surface area contributed by atoms with E-state index in [-0.39, 0.29) is 34.9 Å². The molecule has 0 spiro atoms. The van der Waals surface area contributed by atoms with Crippen LogP contribution in [-0.4, -0.2) is 58.3 Å². The first-order chi connectivity index (χ1) is 13.7. The van der Waals surface area contributed by atoms with E-state index >= 15 is 0 Å². The number of hydrogen-bond acceptors (Lipinski definition) is 5. The Morgan fingerprint density at radius 3 is 2.52 bits per heavy atom. The monoisotopic (exact) mass is 436 g/mol. The van der Waals surface area contributed by atoms with Crippen LogP contribution in [0.5, 0.6) is 0 Å². The van der Waals surface area contributed by atoms with Crippen molar-refractivity contribution in [1.29, 1.82) is 0 Å². The molecule has 1 saturated heterocycles. The number of rotatable bonds is 6. The number of unbranched alkanes of at least 4 members (excludes halogenated alkanes) is 1. The summed E-state index contributed by atoms with van der Waals surface area (Å²) < 4.78 is 51.2. The second-order valence-corrected chi connectivity index (χ2v) is 11.7. The highest BCUT2D eigenvalue weighted by Gasteiger charge is 2.40. The molecule has 2 aromatic rings. The third-order valence-corrected chi connectivity index (χ3v) is 9.23. The first kappa shape index (κ1) is 20.2. The van der Waals surface area contributed by atoms with E-state index in [1.807, 2.05) is 19.1 Å². The van der Waals surface area contributed by atoms with Crippen molar-refractivity contribution in [2.24, 2.45) is 0 Å². The van der Waals surface area contributed by atoms with Crippen molar-refractivity contribution in [3.63, 3.8) is 0 Å². The summed E-state index contributed by atoms with van der Waals surface area (Å²) in [7, 11) is -6.98. The summed E-state index contributed by atoms with van der Waals surface area (Å²) >= 11 is 0. The van der Waals surface area contributed by atoms with Crippen molar-refractivity contribution in [1.82, 2.24) is 4.90 Å². The Labute approximate surface area is 171 Å². The quantitative estimate of drug-likeness (QED) is 0.692. The summed E-state index contributed by atoms with van der Waals surface area (Å²) in [6.45, 7) is 2.10. The van der Waals surface area contributed by atoms with E-state index in [9.17, 15) is 21.6 Å². The summed E-state index contributed by atoms with van der Waals surface area (Å²) in [5.74, 6) is -0.334. The summed E-state index contributed by atoms with van der Waals surface area (Å²) in [6.07, 6.45) is 2.00. The number of anilines is 1. The fourth-order valence-electron chi connectivity index (χ4n) is 4.20. The Balaban J connectivity index is 1.65. The number of benzene rings is 2. The zero-order valence-electron chi connectivity index (χ0n) is 16.2. The number of sulfonamides is 1. The van der Waals surface area contributed by atoms with Crippen molar-refractivity contribution >= 4 is 42.2 Å². The number of sulfone groups is 1. The Morgan fingerprint density at radius 1 is 1.14 bits per heavy atom. The van der Waals surface area contributed by atoms with Gasteiger partial charge in [0.1, 0.15) is 6.54 Å². The second-order valence-electron chi connectivity index (χ2n) is 7.64. The molecule has 0 N–H and O–H groups in total.